The fourth-order valence-corrected chi connectivity index (χ4v) is 2.22. The molecule has 0 bridgehead atoms. The van der Waals surface area contributed by atoms with Crippen LogP contribution in [0.5, 0.6) is 0 Å². The molecule has 3 N–H and O–H groups in total. The van der Waals surface area contributed by atoms with Gasteiger partial charge in [0.15, 0.2) is 0 Å². The van der Waals surface area contributed by atoms with Crippen molar-refractivity contribution in [2.75, 3.05) is 12.0 Å². The molecular weight excluding hydrogens is 346 g/mol. The highest BCUT2D eigenvalue weighted by molar-refractivity contribution is 5.74. The highest BCUT2D eigenvalue weighted by Crippen LogP contribution is 2.05. The van der Waals surface area contributed by atoms with Gasteiger partial charge in [-0.15, -0.1) is 0 Å². The second kappa shape index (κ2) is 12.3. The molecule has 2 rings (SSSR count). The van der Waals surface area contributed by atoms with Crippen molar-refractivity contribution in [3.63, 3.8) is 0 Å². The monoisotopic (exact) mass is 371 g/mol. The van der Waals surface area contributed by atoms with Crippen LogP contribution in [-0.4, -0.2) is 18.6 Å². The summed E-state index contributed by atoms with van der Waals surface area (Å²) >= 11 is 0. The second-order valence-electron chi connectivity index (χ2n) is 5.85. The van der Waals surface area contributed by atoms with Crippen LogP contribution in [0.2, 0.25) is 0 Å². The van der Waals surface area contributed by atoms with Crippen molar-refractivity contribution < 1.29 is 19.2 Å². The number of anilines is 1. The zero-order valence-corrected chi connectivity index (χ0v) is 15.1. The van der Waals surface area contributed by atoms with Gasteiger partial charge in [0.05, 0.1) is 12.3 Å². The number of urea groups is 1. The lowest BCUT2D eigenvalue weighted by Gasteiger charge is -2.09. The van der Waals surface area contributed by atoms with Gasteiger partial charge in [-0.05, 0) is 30.5 Å². The van der Waals surface area contributed by atoms with Crippen molar-refractivity contribution in [1.82, 2.24) is 10.9 Å². The number of hydrogen-bond donors (Lipinski definition) is 3. The van der Waals surface area contributed by atoms with Gasteiger partial charge in [-0.3, -0.25) is 15.1 Å². The predicted molar refractivity (Wildman–Crippen MR) is 102 cm³/mol. The molecule has 2 aromatic carbocycles. The first-order valence-electron chi connectivity index (χ1n) is 8.92. The average Bonchev–Trinajstić information content (AvgIpc) is 2.71. The lowest BCUT2D eigenvalue weighted by atomic mass is 10.2. The molecule has 144 valence electrons. The summed E-state index contributed by atoms with van der Waals surface area (Å²) in [5.41, 5.74) is 9.24. The third kappa shape index (κ3) is 9.27. The van der Waals surface area contributed by atoms with Crippen molar-refractivity contribution in [3.05, 3.63) is 66.2 Å². The Hall–Kier alpha value is -3.06. The molecule has 7 heteroatoms. The summed E-state index contributed by atoms with van der Waals surface area (Å²) < 4.78 is 5.21. The topological polar surface area (TPSA) is 88.7 Å². The quantitative estimate of drug-likeness (QED) is 0.319. The number of nitrogens with one attached hydrogen (secondary N) is 3. The molecular formula is C20H25N3O4. The van der Waals surface area contributed by atoms with Crippen LogP contribution in [0.1, 0.15) is 31.2 Å². The molecule has 0 atom stereocenters. The van der Waals surface area contributed by atoms with Crippen molar-refractivity contribution in [3.8, 4) is 0 Å². The molecule has 0 saturated heterocycles. The van der Waals surface area contributed by atoms with E-state index in [0.29, 0.717) is 19.6 Å². The van der Waals surface area contributed by atoms with Crippen LogP contribution >= 0.6 is 0 Å². The average molecular weight is 371 g/mol. The number of benzene rings is 2. The Balaban J connectivity index is 1.41. The largest absolute Gasteiger partial charge is 0.461 e. The zero-order chi connectivity index (χ0) is 19.2. The number of hydrazine groups is 1. The van der Waals surface area contributed by atoms with E-state index in [1.807, 2.05) is 60.7 Å². The van der Waals surface area contributed by atoms with Gasteiger partial charge >= 0.3 is 12.0 Å². The van der Waals surface area contributed by atoms with Crippen LogP contribution in [0.15, 0.2) is 60.7 Å². The van der Waals surface area contributed by atoms with Crippen molar-refractivity contribution in [1.29, 1.82) is 0 Å². The number of para-hydroxylation sites is 1. The number of rotatable bonds is 11. The number of carbonyl (C=O) groups is 2. The van der Waals surface area contributed by atoms with Gasteiger partial charge < -0.3 is 4.74 Å². The Labute approximate surface area is 159 Å². The van der Waals surface area contributed by atoms with E-state index in [-0.39, 0.29) is 5.97 Å². The molecule has 0 fully saturated rings. The summed E-state index contributed by atoms with van der Waals surface area (Å²) in [7, 11) is 0. The molecule has 0 radical (unpaired) electrons. The first-order chi connectivity index (χ1) is 13.2. The van der Waals surface area contributed by atoms with Gasteiger partial charge in [-0.2, -0.15) is 0 Å². The third-order valence-electron chi connectivity index (χ3n) is 3.63. The van der Waals surface area contributed by atoms with Gasteiger partial charge in [0.1, 0.15) is 6.61 Å². The minimum Gasteiger partial charge on any atom is -0.461 e. The zero-order valence-electron chi connectivity index (χ0n) is 15.1. The molecule has 27 heavy (non-hydrogen) atoms. The number of esters is 1. The summed E-state index contributed by atoms with van der Waals surface area (Å²) in [6.07, 6.45) is 2.64. The van der Waals surface area contributed by atoms with E-state index in [9.17, 15) is 9.59 Å². The second-order valence-corrected chi connectivity index (χ2v) is 5.85. The minimum absolute atomic E-state index is 0.204. The van der Waals surface area contributed by atoms with E-state index in [1.165, 1.54) is 0 Å². The molecule has 0 aromatic heterocycles. The maximum Gasteiger partial charge on any atom is 0.357 e. The van der Waals surface area contributed by atoms with Gasteiger partial charge in [0.25, 0.3) is 0 Å². The molecule has 2 amide bonds. The predicted octanol–water partition coefficient (Wildman–Crippen LogP) is 3.55. The van der Waals surface area contributed by atoms with Gasteiger partial charge in [0.2, 0.25) is 0 Å². The number of amides is 2. The summed E-state index contributed by atoms with van der Waals surface area (Å²) in [5, 5.41) is 0. The SMILES string of the molecule is O=C(NNc1ccccc1)NOCCCCCC(=O)OCc1ccccc1. The number of hydroxylamine groups is 1. The summed E-state index contributed by atoms with van der Waals surface area (Å²) in [4.78, 5) is 28.2. The Kier molecular flexibility index (Phi) is 9.24. The number of ether oxygens (including phenoxy) is 1. The van der Waals surface area contributed by atoms with Crippen LogP contribution in [0.4, 0.5) is 10.5 Å². The number of unbranched alkanes of at least 4 members (excludes halogenated alkanes) is 2. The summed E-state index contributed by atoms with van der Waals surface area (Å²) in [6, 6.07) is 18.4. The van der Waals surface area contributed by atoms with E-state index >= 15 is 0 Å². The van der Waals surface area contributed by atoms with Crippen LogP contribution in [0.3, 0.4) is 0 Å². The van der Waals surface area contributed by atoms with Crippen LogP contribution < -0.4 is 16.3 Å². The molecule has 0 heterocycles. The van der Waals surface area contributed by atoms with Gasteiger partial charge in [-0.1, -0.05) is 55.0 Å². The molecule has 0 spiro atoms. The molecule has 0 unspecified atom stereocenters. The normalized spacial score (nSPS) is 10.1. The molecule has 0 aliphatic heterocycles. The molecule has 0 aliphatic carbocycles. The van der Waals surface area contributed by atoms with E-state index in [2.05, 4.69) is 16.3 Å². The van der Waals surface area contributed by atoms with E-state index < -0.39 is 6.03 Å². The molecule has 0 saturated carbocycles. The summed E-state index contributed by atoms with van der Waals surface area (Å²) in [5.74, 6) is -0.204. The van der Waals surface area contributed by atoms with Crippen molar-refractivity contribution >= 4 is 17.7 Å². The summed E-state index contributed by atoms with van der Waals surface area (Å²) in [6.45, 7) is 0.677. The van der Waals surface area contributed by atoms with Crippen molar-refractivity contribution in [2.24, 2.45) is 0 Å². The van der Waals surface area contributed by atoms with Crippen LogP contribution in [0, 0.1) is 0 Å². The van der Waals surface area contributed by atoms with E-state index in [4.69, 9.17) is 9.57 Å². The number of hydrogen-bond acceptors (Lipinski definition) is 5. The fourth-order valence-electron chi connectivity index (χ4n) is 2.22. The van der Waals surface area contributed by atoms with Crippen LogP contribution in [0.25, 0.3) is 0 Å². The fraction of sp³-hybridized carbons (Fsp3) is 0.300. The van der Waals surface area contributed by atoms with Crippen molar-refractivity contribution in [2.45, 2.75) is 32.3 Å². The standard InChI is InChI=1S/C20H25N3O4/c24-19(26-16-17-10-4-1-5-11-17)14-8-3-9-15-27-23-20(25)22-21-18-12-6-2-7-13-18/h1-2,4-7,10-13,21H,3,8-9,14-16H2,(H2,22,23,25). The maximum atomic E-state index is 11.7. The lowest BCUT2D eigenvalue weighted by Crippen LogP contribution is -2.39. The minimum atomic E-state index is -0.483. The highest BCUT2D eigenvalue weighted by atomic mass is 16.7. The molecule has 2 aromatic rings. The molecule has 7 nitrogen and oxygen atoms in total. The van der Waals surface area contributed by atoms with E-state index in [1.54, 1.807) is 0 Å². The number of carbonyl (C=O) groups excluding carboxylic acids is 2. The van der Waals surface area contributed by atoms with Gasteiger partial charge in [0, 0.05) is 6.42 Å². The third-order valence-corrected chi connectivity index (χ3v) is 3.63. The Morgan fingerprint density at radius 2 is 1.56 bits per heavy atom. The van der Waals surface area contributed by atoms with Crippen LogP contribution in [-0.2, 0) is 21.0 Å². The lowest BCUT2D eigenvalue weighted by molar-refractivity contribution is -0.145. The smallest absolute Gasteiger partial charge is 0.357 e. The Bertz CT molecular complexity index is 621. The Morgan fingerprint density at radius 3 is 2.30 bits per heavy atom. The Morgan fingerprint density at radius 1 is 0.852 bits per heavy atom. The van der Waals surface area contributed by atoms with E-state index in [0.717, 1.165) is 30.5 Å². The highest BCUT2D eigenvalue weighted by Gasteiger charge is 2.04. The first kappa shape index (κ1) is 20.3. The molecule has 0 aliphatic rings. The first-order valence-corrected chi connectivity index (χ1v) is 8.92. The maximum absolute atomic E-state index is 11.7. The van der Waals surface area contributed by atoms with Gasteiger partial charge in [-0.25, -0.2) is 15.7 Å².